The van der Waals surface area contributed by atoms with Crippen LogP contribution in [0.4, 0.5) is 4.79 Å². The molecule has 122 valence electrons. The van der Waals surface area contributed by atoms with Crippen molar-refractivity contribution < 1.29 is 24.0 Å². The average molecular weight is 318 g/mol. The lowest BCUT2D eigenvalue weighted by Gasteiger charge is -2.39. The summed E-state index contributed by atoms with van der Waals surface area (Å²) in [5.74, 6) is -0.942. The van der Waals surface area contributed by atoms with Gasteiger partial charge in [0.15, 0.2) is 0 Å². The van der Waals surface area contributed by atoms with Crippen LogP contribution in [-0.2, 0) is 9.57 Å². The average Bonchev–Trinajstić information content (AvgIpc) is 2.65. The number of hydrogen-bond acceptors (Lipinski definition) is 5. The lowest BCUT2D eigenvalue weighted by Crippen LogP contribution is -2.58. The van der Waals surface area contributed by atoms with Crippen LogP contribution in [0.3, 0.4) is 0 Å². The lowest BCUT2D eigenvalue weighted by atomic mass is 10.1. The van der Waals surface area contributed by atoms with Crippen molar-refractivity contribution in [2.45, 2.75) is 32.5 Å². The Bertz CT molecular complexity index is 638. The Morgan fingerprint density at radius 3 is 2.09 bits per heavy atom. The number of ether oxygens (including phenoxy) is 1. The van der Waals surface area contributed by atoms with E-state index in [-0.39, 0.29) is 13.1 Å². The Balaban J connectivity index is 1.56. The van der Waals surface area contributed by atoms with Crippen LogP contribution in [0.25, 0.3) is 0 Å². The fourth-order valence-electron chi connectivity index (χ4n) is 2.39. The Morgan fingerprint density at radius 1 is 1.09 bits per heavy atom. The lowest BCUT2D eigenvalue weighted by molar-refractivity contribution is -0.171. The summed E-state index contributed by atoms with van der Waals surface area (Å²) in [6, 6.07) is 6.57. The van der Waals surface area contributed by atoms with E-state index < -0.39 is 29.6 Å². The summed E-state index contributed by atoms with van der Waals surface area (Å²) in [6.07, 6.45) is -0.829. The smallest absolute Gasteiger partial charge is 0.410 e. The highest BCUT2D eigenvalue weighted by Crippen LogP contribution is 2.25. The molecular formula is C16H18N2O5. The van der Waals surface area contributed by atoms with Crippen LogP contribution in [0.15, 0.2) is 24.3 Å². The summed E-state index contributed by atoms with van der Waals surface area (Å²) in [4.78, 5) is 43.1. The van der Waals surface area contributed by atoms with Gasteiger partial charge in [-0.05, 0) is 32.9 Å². The molecule has 0 saturated carbocycles. The highest BCUT2D eigenvalue weighted by molar-refractivity contribution is 6.20. The number of imide groups is 1. The predicted molar refractivity (Wildman–Crippen MR) is 79.6 cm³/mol. The number of nitrogens with zero attached hydrogens (tertiary/aromatic N) is 2. The molecule has 1 aromatic carbocycles. The van der Waals surface area contributed by atoms with Crippen molar-refractivity contribution in [2.75, 3.05) is 13.1 Å². The Kier molecular flexibility index (Phi) is 3.60. The zero-order valence-corrected chi connectivity index (χ0v) is 13.2. The summed E-state index contributed by atoms with van der Waals surface area (Å²) in [6.45, 7) is 5.93. The first-order valence-electron chi connectivity index (χ1n) is 7.39. The Morgan fingerprint density at radius 2 is 1.61 bits per heavy atom. The molecule has 7 heteroatoms. The molecule has 2 aliphatic heterocycles. The zero-order valence-electron chi connectivity index (χ0n) is 13.2. The van der Waals surface area contributed by atoms with Crippen LogP contribution in [0.1, 0.15) is 41.5 Å². The SMILES string of the molecule is CC(C)(C)OC(=O)N1CC(ON2C(=O)c3ccccc3C2=O)C1. The molecule has 0 unspecified atom stereocenters. The van der Waals surface area contributed by atoms with E-state index in [4.69, 9.17) is 9.57 Å². The van der Waals surface area contributed by atoms with E-state index in [1.54, 1.807) is 45.0 Å². The van der Waals surface area contributed by atoms with Crippen LogP contribution < -0.4 is 0 Å². The third kappa shape index (κ3) is 2.92. The maximum absolute atomic E-state index is 12.2. The molecule has 0 aromatic heterocycles. The normalized spacial score (nSPS) is 18.0. The third-order valence-corrected chi connectivity index (χ3v) is 3.51. The highest BCUT2D eigenvalue weighted by atomic mass is 16.7. The third-order valence-electron chi connectivity index (χ3n) is 3.51. The number of fused-ring (bicyclic) bond motifs is 1. The number of hydroxylamine groups is 2. The first-order valence-corrected chi connectivity index (χ1v) is 7.39. The van der Waals surface area contributed by atoms with Gasteiger partial charge in [0, 0.05) is 0 Å². The predicted octanol–water partition coefficient (Wildman–Crippen LogP) is 1.83. The number of carbonyl (C=O) groups excluding carboxylic acids is 3. The Labute approximate surface area is 133 Å². The van der Waals surface area contributed by atoms with Gasteiger partial charge in [-0.2, -0.15) is 0 Å². The molecule has 0 N–H and O–H groups in total. The molecule has 0 spiro atoms. The van der Waals surface area contributed by atoms with Crippen LogP contribution >= 0.6 is 0 Å². The van der Waals surface area contributed by atoms with Crippen LogP contribution in [0, 0.1) is 0 Å². The molecule has 3 amide bonds. The summed E-state index contributed by atoms with van der Waals surface area (Å²) >= 11 is 0. The quantitative estimate of drug-likeness (QED) is 0.778. The molecule has 2 heterocycles. The largest absolute Gasteiger partial charge is 0.444 e. The molecule has 1 aromatic rings. The fraction of sp³-hybridized carbons (Fsp3) is 0.438. The molecule has 0 atom stereocenters. The van der Waals surface area contributed by atoms with Crippen LogP contribution in [-0.4, -0.2) is 52.7 Å². The molecule has 0 radical (unpaired) electrons. The van der Waals surface area contributed by atoms with Gasteiger partial charge in [-0.15, -0.1) is 5.06 Å². The first kappa shape index (κ1) is 15.5. The van der Waals surface area contributed by atoms with Crippen molar-refractivity contribution in [3.8, 4) is 0 Å². The molecule has 1 saturated heterocycles. The van der Waals surface area contributed by atoms with E-state index in [9.17, 15) is 14.4 Å². The number of amides is 3. The maximum Gasteiger partial charge on any atom is 0.410 e. The minimum absolute atomic E-state index is 0.280. The monoisotopic (exact) mass is 318 g/mol. The molecule has 1 fully saturated rings. The van der Waals surface area contributed by atoms with E-state index in [2.05, 4.69) is 0 Å². The standard InChI is InChI=1S/C16H18N2O5/c1-16(2,3)22-15(21)17-8-10(9-17)23-18-13(19)11-6-4-5-7-12(11)14(18)20/h4-7,10H,8-9H2,1-3H3. The highest BCUT2D eigenvalue weighted by Gasteiger charge is 2.42. The van der Waals surface area contributed by atoms with Crippen molar-refractivity contribution in [1.82, 2.24) is 9.96 Å². The molecular weight excluding hydrogens is 300 g/mol. The van der Waals surface area contributed by atoms with Gasteiger partial charge in [0.2, 0.25) is 0 Å². The van der Waals surface area contributed by atoms with Crippen molar-refractivity contribution in [3.63, 3.8) is 0 Å². The summed E-state index contributed by atoms with van der Waals surface area (Å²) < 4.78 is 5.24. The van der Waals surface area contributed by atoms with Crippen molar-refractivity contribution in [1.29, 1.82) is 0 Å². The summed E-state index contributed by atoms with van der Waals surface area (Å²) in [7, 11) is 0. The maximum atomic E-state index is 12.2. The zero-order chi connectivity index (χ0) is 16.8. The van der Waals surface area contributed by atoms with E-state index in [1.165, 1.54) is 4.90 Å². The van der Waals surface area contributed by atoms with Crippen LogP contribution in [0.5, 0.6) is 0 Å². The molecule has 0 bridgehead atoms. The van der Waals surface area contributed by atoms with Gasteiger partial charge in [0.25, 0.3) is 11.8 Å². The van der Waals surface area contributed by atoms with E-state index >= 15 is 0 Å². The number of benzene rings is 1. The van der Waals surface area contributed by atoms with Crippen LogP contribution in [0.2, 0.25) is 0 Å². The van der Waals surface area contributed by atoms with Gasteiger partial charge in [-0.1, -0.05) is 12.1 Å². The van der Waals surface area contributed by atoms with Crippen molar-refractivity contribution in [2.24, 2.45) is 0 Å². The number of carbonyl (C=O) groups is 3. The van der Waals surface area contributed by atoms with Gasteiger partial charge in [-0.25, -0.2) is 4.79 Å². The second-order valence-corrected chi connectivity index (χ2v) is 6.56. The molecule has 2 aliphatic rings. The van der Waals surface area contributed by atoms with Gasteiger partial charge in [0.05, 0.1) is 24.2 Å². The van der Waals surface area contributed by atoms with Gasteiger partial charge in [0.1, 0.15) is 11.7 Å². The number of rotatable bonds is 2. The van der Waals surface area contributed by atoms with Crippen molar-refractivity contribution in [3.05, 3.63) is 35.4 Å². The second kappa shape index (κ2) is 5.34. The van der Waals surface area contributed by atoms with Gasteiger partial charge >= 0.3 is 6.09 Å². The minimum atomic E-state index is -0.564. The molecule has 23 heavy (non-hydrogen) atoms. The fourth-order valence-corrected chi connectivity index (χ4v) is 2.39. The van der Waals surface area contributed by atoms with Gasteiger partial charge in [-0.3, -0.25) is 14.4 Å². The Hall–Kier alpha value is -2.41. The number of hydrogen-bond donors (Lipinski definition) is 0. The van der Waals surface area contributed by atoms with Gasteiger partial charge < -0.3 is 9.64 Å². The van der Waals surface area contributed by atoms with Crippen molar-refractivity contribution >= 4 is 17.9 Å². The molecule has 7 nitrogen and oxygen atoms in total. The second-order valence-electron chi connectivity index (χ2n) is 6.56. The van der Waals surface area contributed by atoms with E-state index in [0.29, 0.717) is 11.1 Å². The molecule has 3 rings (SSSR count). The first-order chi connectivity index (χ1) is 10.8. The minimum Gasteiger partial charge on any atom is -0.444 e. The summed E-state index contributed by atoms with van der Waals surface area (Å²) in [5.41, 5.74) is 0.104. The number of likely N-dealkylation sites (tertiary alicyclic amines) is 1. The molecule has 0 aliphatic carbocycles. The van der Waals surface area contributed by atoms with E-state index in [0.717, 1.165) is 5.06 Å². The van der Waals surface area contributed by atoms with E-state index in [1.807, 2.05) is 0 Å². The summed E-state index contributed by atoms with van der Waals surface area (Å²) in [5, 5.41) is 0.780. The topological polar surface area (TPSA) is 76.2 Å².